The van der Waals surface area contributed by atoms with Gasteiger partial charge in [0.05, 0.1) is 10.5 Å². The quantitative estimate of drug-likeness (QED) is 0.437. The summed E-state index contributed by atoms with van der Waals surface area (Å²) in [6.07, 6.45) is 0. The van der Waals surface area contributed by atoms with Crippen molar-refractivity contribution in [2.24, 2.45) is 0 Å². The van der Waals surface area contributed by atoms with E-state index in [9.17, 15) is 10.1 Å². The van der Waals surface area contributed by atoms with Crippen molar-refractivity contribution >= 4 is 44.8 Å². The number of halogens is 3. The highest BCUT2D eigenvalue weighted by molar-refractivity contribution is 9.10. The van der Waals surface area contributed by atoms with Crippen LogP contribution in [0.3, 0.4) is 0 Å². The molecule has 19 heavy (non-hydrogen) atoms. The van der Waals surface area contributed by atoms with Gasteiger partial charge in [0.1, 0.15) is 0 Å². The topological polar surface area (TPSA) is 43.1 Å². The zero-order valence-electron chi connectivity index (χ0n) is 9.52. The lowest BCUT2D eigenvalue weighted by Crippen LogP contribution is -2.14. The third kappa shape index (κ3) is 2.91. The van der Waals surface area contributed by atoms with Gasteiger partial charge in [-0.1, -0.05) is 63.4 Å². The Morgan fingerprint density at radius 1 is 1.05 bits per heavy atom. The van der Waals surface area contributed by atoms with E-state index < -0.39 is 9.26 Å². The summed E-state index contributed by atoms with van der Waals surface area (Å²) in [6.45, 7) is 0. The lowest BCUT2D eigenvalue weighted by molar-refractivity contribution is -0.385. The van der Waals surface area contributed by atoms with Crippen LogP contribution in [0.2, 0.25) is 0 Å². The molecular formula is C13H8BrCl2NO2. The van der Waals surface area contributed by atoms with Gasteiger partial charge in [0.25, 0.3) is 5.69 Å². The molecule has 2 rings (SSSR count). The van der Waals surface area contributed by atoms with E-state index in [0.29, 0.717) is 5.56 Å². The molecule has 0 heterocycles. The minimum atomic E-state index is -1.47. The van der Waals surface area contributed by atoms with Gasteiger partial charge in [0.2, 0.25) is 0 Å². The molecule has 0 bridgehead atoms. The van der Waals surface area contributed by atoms with Crippen molar-refractivity contribution in [3.8, 4) is 0 Å². The van der Waals surface area contributed by atoms with Gasteiger partial charge in [-0.3, -0.25) is 10.1 Å². The number of para-hydroxylation sites is 1. The Hall–Kier alpha value is -1.10. The Balaban J connectivity index is 2.56. The van der Waals surface area contributed by atoms with Crippen LogP contribution in [0.4, 0.5) is 5.69 Å². The monoisotopic (exact) mass is 359 g/mol. The number of alkyl halides is 2. The largest absolute Gasteiger partial charge is 0.275 e. The third-order valence-corrected chi connectivity index (χ3v) is 4.02. The number of nitrogens with zero attached hydrogens (tertiary/aromatic N) is 1. The number of rotatable bonds is 3. The first-order chi connectivity index (χ1) is 8.93. The molecule has 2 aromatic rings. The summed E-state index contributed by atoms with van der Waals surface area (Å²) >= 11 is 16.0. The third-order valence-electron chi connectivity index (χ3n) is 2.65. The van der Waals surface area contributed by atoms with Gasteiger partial charge in [-0.05, 0) is 23.8 Å². The maximum absolute atomic E-state index is 11.0. The van der Waals surface area contributed by atoms with Gasteiger partial charge < -0.3 is 0 Å². The van der Waals surface area contributed by atoms with Gasteiger partial charge in [-0.2, -0.15) is 0 Å². The molecule has 0 amide bonds. The molecule has 0 aliphatic carbocycles. The van der Waals surface area contributed by atoms with Crippen LogP contribution in [-0.2, 0) is 4.33 Å². The fourth-order valence-electron chi connectivity index (χ4n) is 1.71. The standard InChI is InChI=1S/C13H8BrCl2NO2/c14-10-7-5-9(6-8-10)13(15,16)11-3-1-2-4-12(11)17(18)19/h1-8H. The van der Waals surface area contributed by atoms with Crippen molar-refractivity contribution in [3.63, 3.8) is 0 Å². The van der Waals surface area contributed by atoms with Crippen molar-refractivity contribution in [1.82, 2.24) is 0 Å². The van der Waals surface area contributed by atoms with Gasteiger partial charge in [0, 0.05) is 10.5 Å². The highest BCUT2D eigenvalue weighted by atomic mass is 79.9. The van der Waals surface area contributed by atoms with Crippen LogP contribution in [0.5, 0.6) is 0 Å². The minimum Gasteiger partial charge on any atom is -0.258 e. The number of nitro benzene ring substituents is 1. The van der Waals surface area contributed by atoms with Gasteiger partial charge in [-0.25, -0.2) is 0 Å². The fraction of sp³-hybridized carbons (Fsp3) is 0.0769. The van der Waals surface area contributed by atoms with Crippen molar-refractivity contribution in [2.75, 3.05) is 0 Å². The van der Waals surface area contributed by atoms with Crippen LogP contribution in [0.25, 0.3) is 0 Å². The molecule has 0 spiro atoms. The molecule has 6 heteroatoms. The first kappa shape index (κ1) is 14.3. The second-order valence-corrected chi connectivity index (χ2v) is 6.10. The van der Waals surface area contributed by atoms with Gasteiger partial charge >= 0.3 is 0 Å². The fourth-order valence-corrected chi connectivity index (χ4v) is 2.55. The lowest BCUT2D eigenvalue weighted by atomic mass is 10.0. The minimum absolute atomic E-state index is 0.101. The summed E-state index contributed by atoms with van der Waals surface area (Å²) in [6, 6.07) is 13.2. The maximum atomic E-state index is 11.0. The maximum Gasteiger partial charge on any atom is 0.275 e. The van der Waals surface area contributed by atoms with Crippen molar-refractivity contribution in [2.45, 2.75) is 4.33 Å². The first-order valence-electron chi connectivity index (χ1n) is 5.30. The van der Waals surface area contributed by atoms with Crippen LogP contribution in [-0.4, -0.2) is 4.92 Å². The van der Waals surface area contributed by atoms with E-state index in [-0.39, 0.29) is 11.3 Å². The first-order valence-corrected chi connectivity index (χ1v) is 6.85. The second-order valence-electron chi connectivity index (χ2n) is 3.86. The van der Waals surface area contributed by atoms with Crippen molar-refractivity contribution in [3.05, 3.63) is 74.2 Å². The molecule has 0 unspecified atom stereocenters. The molecule has 0 aliphatic heterocycles. The van der Waals surface area contributed by atoms with Crippen LogP contribution in [0, 0.1) is 10.1 Å². The predicted octanol–water partition coefficient (Wildman–Crippen LogP) is 5.04. The molecule has 0 fully saturated rings. The molecule has 0 aromatic heterocycles. The highest BCUT2D eigenvalue weighted by Gasteiger charge is 2.35. The Kier molecular flexibility index (Phi) is 4.13. The summed E-state index contributed by atoms with van der Waals surface area (Å²) in [4.78, 5) is 10.5. The number of nitro groups is 1. The van der Waals surface area contributed by atoms with Crippen LogP contribution in [0.15, 0.2) is 53.0 Å². The number of hydrogen-bond acceptors (Lipinski definition) is 2. The summed E-state index contributed by atoms with van der Waals surface area (Å²) < 4.78 is -0.590. The number of hydrogen-bond donors (Lipinski definition) is 0. The van der Waals surface area contributed by atoms with Crippen molar-refractivity contribution < 1.29 is 4.92 Å². The highest BCUT2D eigenvalue weighted by Crippen LogP contribution is 2.44. The summed E-state index contributed by atoms with van der Waals surface area (Å²) in [5.74, 6) is 0. The van der Waals surface area contributed by atoms with Crippen LogP contribution >= 0.6 is 39.1 Å². The molecule has 3 nitrogen and oxygen atoms in total. The normalized spacial score (nSPS) is 11.3. The van der Waals surface area contributed by atoms with E-state index in [1.54, 1.807) is 42.5 Å². The van der Waals surface area contributed by atoms with Crippen LogP contribution < -0.4 is 0 Å². The Morgan fingerprint density at radius 2 is 1.63 bits per heavy atom. The van der Waals surface area contributed by atoms with E-state index in [4.69, 9.17) is 23.2 Å². The van der Waals surface area contributed by atoms with Crippen molar-refractivity contribution in [1.29, 1.82) is 0 Å². The van der Waals surface area contributed by atoms with Gasteiger partial charge in [-0.15, -0.1) is 0 Å². The van der Waals surface area contributed by atoms with E-state index in [1.165, 1.54) is 6.07 Å². The molecule has 0 saturated heterocycles. The molecule has 98 valence electrons. The summed E-state index contributed by atoms with van der Waals surface area (Å²) in [5, 5.41) is 11.0. The lowest BCUT2D eigenvalue weighted by Gasteiger charge is -2.20. The molecule has 0 radical (unpaired) electrons. The average Bonchev–Trinajstić information content (AvgIpc) is 2.39. The molecule has 0 saturated carbocycles. The molecule has 2 aromatic carbocycles. The summed E-state index contributed by atoms with van der Waals surface area (Å²) in [5.41, 5.74) is 0.731. The van der Waals surface area contributed by atoms with Gasteiger partial charge in [0.15, 0.2) is 4.33 Å². The second kappa shape index (κ2) is 5.49. The number of benzene rings is 2. The van der Waals surface area contributed by atoms with E-state index >= 15 is 0 Å². The van der Waals surface area contributed by atoms with Crippen LogP contribution in [0.1, 0.15) is 11.1 Å². The molecule has 0 atom stereocenters. The zero-order chi connectivity index (χ0) is 14.0. The Morgan fingerprint density at radius 3 is 2.21 bits per heavy atom. The summed E-state index contributed by atoms with van der Waals surface area (Å²) in [7, 11) is 0. The van der Waals surface area contributed by atoms with E-state index in [0.717, 1.165) is 4.47 Å². The SMILES string of the molecule is O=[N+]([O-])c1ccccc1C(Cl)(Cl)c1ccc(Br)cc1. The van der Waals surface area contributed by atoms with E-state index in [2.05, 4.69) is 15.9 Å². The Labute approximate surface area is 128 Å². The Bertz CT molecular complexity index is 614. The molecular weight excluding hydrogens is 353 g/mol. The molecule has 0 aliphatic rings. The smallest absolute Gasteiger partial charge is 0.258 e. The average molecular weight is 361 g/mol. The van der Waals surface area contributed by atoms with E-state index in [1.807, 2.05) is 0 Å². The predicted molar refractivity (Wildman–Crippen MR) is 79.7 cm³/mol. The zero-order valence-corrected chi connectivity index (χ0v) is 12.6. The molecule has 0 N–H and O–H groups in total.